The second-order valence-corrected chi connectivity index (χ2v) is 7.47. The largest absolute Gasteiger partial charge is 0.464 e. The van der Waals surface area contributed by atoms with Crippen molar-refractivity contribution < 1.29 is 19.1 Å². The first-order valence-corrected chi connectivity index (χ1v) is 10.6. The molecule has 2 N–H and O–H groups in total. The van der Waals surface area contributed by atoms with Gasteiger partial charge in [-0.2, -0.15) is 5.10 Å². The van der Waals surface area contributed by atoms with Gasteiger partial charge in [0.2, 0.25) is 5.71 Å². The van der Waals surface area contributed by atoms with Crippen molar-refractivity contribution in [1.29, 1.82) is 0 Å². The van der Waals surface area contributed by atoms with Crippen LogP contribution in [0.1, 0.15) is 47.4 Å². The summed E-state index contributed by atoms with van der Waals surface area (Å²) in [4.78, 5) is 39.6. The van der Waals surface area contributed by atoms with Crippen molar-refractivity contribution in [2.75, 3.05) is 17.9 Å². The number of benzene rings is 2. The molecule has 166 valence electrons. The summed E-state index contributed by atoms with van der Waals surface area (Å²) in [6.45, 7) is 3.87. The van der Waals surface area contributed by atoms with Gasteiger partial charge in [-0.1, -0.05) is 50.3 Å². The molecule has 0 bridgehead atoms. The van der Waals surface area contributed by atoms with E-state index in [9.17, 15) is 14.4 Å². The zero-order valence-corrected chi connectivity index (χ0v) is 18.9. The number of hydrogen-bond acceptors (Lipinski definition) is 7. The molecule has 1 aliphatic heterocycles. The summed E-state index contributed by atoms with van der Waals surface area (Å²) in [5, 5.41) is 7.04. The maximum Gasteiger partial charge on any atom is 0.361 e. The number of nitrogens with one attached hydrogen (secondary N) is 2. The van der Waals surface area contributed by atoms with E-state index in [1.54, 1.807) is 30.3 Å². The van der Waals surface area contributed by atoms with Crippen LogP contribution < -0.4 is 10.7 Å². The number of imide groups is 1. The molecule has 1 heterocycles. The molecule has 0 saturated heterocycles. The third kappa shape index (κ3) is 4.52. The minimum atomic E-state index is -0.750. The number of anilines is 2. The number of methoxy groups -OCH3 is 1. The van der Waals surface area contributed by atoms with Gasteiger partial charge in [-0.3, -0.25) is 19.9 Å². The first-order valence-electron chi connectivity index (χ1n) is 10.2. The topological polar surface area (TPSA) is 100 Å². The maximum atomic E-state index is 13.1. The fraction of sp³-hybridized carbons (Fsp3) is 0.261. The van der Waals surface area contributed by atoms with Gasteiger partial charge in [-0.15, -0.1) is 0 Å². The number of para-hydroxylation sites is 1. The zero-order valence-electron chi connectivity index (χ0n) is 18.0. The monoisotopic (exact) mass is 452 g/mol. The fourth-order valence-electron chi connectivity index (χ4n) is 3.50. The Hall–Kier alpha value is -3.59. The van der Waals surface area contributed by atoms with Gasteiger partial charge in [-0.25, -0.2) is 4.79 Å². The lowest BCUT2D eigenvalue weighted by atomic mass is 10.1. The highest BCUT2D eigenvalue weighted by molar-refractivity contribution is 7.82. The Morgan fingerprint density at radius 2 is 1.75 bits per heavy atom. The number of esters is 1. The molecule has 0 radical (unpaired) electrons. The highest BCUT2D eigenvalue weighted by Gasteiger charge is 2.40. The maximum absolute atomic E-state index is 13.1. The lowest BCUT2D eigenvalue weighted by Crippen LogP contribution is -2.39. The Balaban J connectivity index is 1.91. The highest BCUT2D eigenvalue weighted by Crippen LogP contribution is 2.32. The number of rotatable bonds is 8. The molecule has 0 saturated carbocycles. The average molecular weight is 453 g/mol. The number of amides is 2. The molecule has 0 unspecified atom stereocenters. The lowest BCUT2D eigenvalue weighted by Gasteiger charge is -2.23. The van der Waals surface area contributed by atoms with Crippen molar-refractivity contribution in [3.05, 3.63) is 59.7 Å². The van der Waals surface area contributed by atoms with Crippen LogP contribution in [0.25, 0.3) is 0 Å². The fourth-order valence-corrected chi connectivity index (χ4v) is 3.74. The lowest BCUT2D eigenvalue weighted by molar-refractivity contribution is -0.132. The molecule has 2 aromatic rings. The number of thiocarbonyl (C=S) groups is 1. The Labute approximate surface area is 191 Å². The molecule has 2 amide bonds. The summed E-state index contributed by atoms with van der Waals surface area (Å²) in [5.41, 5.74) is 4.06. The van der Waals surface area contributed by atoms with E-state index in [0.29, 0.717) is 29.8 Å². The summed E-state index contributed by atoms with van der Waals surface area (Å²) < 4.78 is 4.80. The Morgan fingerprint density at radius 3 is 2.38 bits per heavy atom. The second-order valence-electron chi connectivity index (χ2n) is 7.06. The minimum Gasteiger partial charge on any atom is -0.464 e. The summed E-state index contributed by atoms with van der Waals surface area (Å²) in [7, 11) is 1.22. The number of hydrazone groups is 1. The van der Waals surface area contributed by atoms with E-state index in [1.807, 2.05) is 32.0 Å². The number of hydrogen-bond donors (Lipinski definition) is 2. The molecule has 9 heteroatoms. The third-order valence-electron chi connectivity index (χ3n) is 5.17. The smallest absolute Gasteiger partial charge is 0.361 e. The van der Waals surface area contributed by atoms with Gasteiger partial charge >= 0.3 is 5.97 Å². The molecule has 32 heavy (non-hydrogen) atoms. The van der Waals surface area contributed by atoms with Crippen LogP contribution in [-0.4, -0.2) is 46.5 Å². The predicted molar refractivity (Wildman–Crippen MR) is 127 cm³/mol. The van der Waals surface area contributed by atoms with Crippen molar-refractivity contribution in [2.24, 2.45) is 5.10 Å². The van der Waals surface area contributed by atoms with Gasteiger partial charge in [0.1, 0.15) is 4.99 Å². The Kier molecular flexibility index (Phi) is 7.32. The molecular weight excluding hydrogens is 428 g/mol. The molecule has 8 nitrogen and oxygen atoms in total. The highest BCUT2D eigenvalue weighted by atomic mass is 32.1. The molecule has 0 aliphatic carbocycles. The molecular formula is C23H24N4O4S. The van der Waals surface area contributed by atoms with Gasteiger partial charge in [0.15, 0.2) is 0 Å². The number of ether oxygens (including phenoxy) is 1. The molecule has 0 atom stereocenters. The van der Waals surface area contributed by atoms with E-state index in [2.05, 4.69) is 15.8 Å². The van der Waals surface area contributed by atoms with Crippen LogP contribution in [0.5, 0.6) is 0 Å². The van der Waals surface area contributed by atoms with Crippen LogP contribution in [-0.2, 0) is 9.53 Å². The first-order chi connectivity index (χ1) is 15.4. The van der Waals surface area contributed by atoms with Crippen molar-refractivity contribution in [2.45, 2.75) is 32.7 Å². The minimum absolute atomic E-state index is 0.0455. The van der Waals surface area contributed by atoms with Crippen LogP contribution in [0.4, 0.5) is 11.4 Å². The van der Waals surface area contributed by atoms with Crippen LogP contribution in [0.3, 0.4) is 0 Å². The van der Waals surface area contributed by atoms with Gasteiger partial charge in [0, 0.05) is 11.7 Å². The summed E-state index contributed by atoms with van der Waals surface area (Å²) in [5.74, 6) is -1.47. The molecule has 2 aromatic carbocycles. The number of carbonyl (C=O) groups excluding carboxylic acids is 3. The van der Waals surface area contributed by atoms with E-state index >= 15 is 0 Å². The number of nitrogens with zero attached hydrogens (tertiary/aromatic N) is 2. The SMILES string of the molecule is CCC(CC)N1C(=O)c2cccc(NN=C(C(=O)OC)C(=S)Nc3ccccc3)c2C1=O. The van der Waals surface area contributed by atoms with Crippen LogP contribution in [0, 0.1) is 0 Å². The van der Waals surface area contributed by atoms with Crippen LogP contribution >= 0.6 is 12.2 Å². The van der Waals surface area contributed by atoms with Crippen molar-refractivity contribution in [1.82, 2.24) is 4.90 Å². The van der Waals surface area contributed by atoms with E-state index in [1.165, 1.54) is 12.0 Å². The van der Waals surface area contributed by atoms with Crippen molar-refractivity contribution in [3.8, 4) is 0 Å². The standard InChI is InChI=1S/C23H24N4O4S/c1-4-15(5-2)27-21(28)16-12-9-13-17(18(16)22(27)29)25-26-19(23(30)31-3)20(32)24-14-10-7-6-8-11-14/h6-13,15,25H,4-5H2,1-3H3,(H,24,32). The Morgan fingerprint density at radius 1 is 1.06 bits per heavy atom. The van der Waals surface area contributed by atoms with E-state index in [-0.39, 0.29) is 34.1 Å². The quantitative estimate of drug-likeness (QED) is 0.206. The average Bonchev–Trinajstić information content (AvgIpc) is 3.06. The Bertz CT molecular complexity index is 1080. The van der Waals surface area contributed by atoms with Crippen molar-refractivity contribution >= 4 is 52.1 Å². The summed E-state index contributed by atoms with van der Waals surface area (Å²) >= 11 is 5.33. The normalized spacial score (nSPS) is 13.2. The van der Waals surface area contributed by atoms with Gasteiger partial charge in [0.05, 0.1) is 23.9 Å². The predicted octanol–water partition coefficient (Wildman–Crippen LogP) is 3.85. The van der Waals surface area contributed by atoms with E-state index in [0.717, 1.165) is 0 Å². The molecule has 3 rings (SSSR count). The molecule has 0 aromatic heterocycles. The molecule has 0 fully saturated rings. The first kappa shape index (κ1) is 23.1. The summed E-state index contributed by atoms with van der Waals surface area (Å²) in [6.07, 6.45) is 1.32. The van der Waals surface area contributed by atoms with Gasteiger partial charge in [0.25, 0.3) is 11.8 Å². The number of fused-ring (bicyclic) bond motifs is 1. The van der Waals surface area contributed by atoms with E-state index in [4.69, 9.17) is 17.0 Å². The number of carbonyl (C=O) groups is 3. The van der Waals surface area contributed by atoms with Gasteiger partial charge in [-0.05, 0) is 37.1 Å². The van der Waals surface area contributed by atoms with Crippen molar-refractivity contribution in [3.63, 3.8) is 0 Å². The third-order valence-corrected chi connectivity index (χ3v) is 5.46. The second kappa shape index (κ2) is 10.1. The van der Waals surface area contributed by atoms with Gasteiger partial charge < -0.3 is 10.1 Å². The van der Waals surface area contributed by atoms with Crippen LogP contribution in [0.15, 0.2) is 53.6 Å². The summed E-state index contributed by atoms with van der Waals surface area (Å²) in [6, 6.07) is 13.7. The van der Waals surface area contributed by atoms with E-state index < -0.39 is 5.97 Å². The zero-order chi connectivity index (χ0) is 23.3. The van der Waals surface area contributed by atoms with Crippen LogP contribution in [0.2, 0.25) is 0 Å². The molecule has 0 spiro atoms. The molecule has 1 aliphatic rings.